The van der Waals surface area contributed by atoms with Crippen LogP contribution in [-0.2, 0) is 44.6 Å². The van der Waals surface area contributed by atoms with Crippen molar-refractivity contribution in [2.24, 2.45) is 5.73 Å². The van der Waals surface area contributed by atoms with E-state index in [1.807, 2.05) is 13.8 Å². The Balaban J connectivity index is 0.00000667. The SMILES string of the molecule is CC.CC(=O)NCc1ccc(OC(=O)CCOCCOCCOCCOCCOCCOCCN)c(F)c1. The van der Waals surface area contributed by atoms with Crippen LogP contribution in [0.5, 0.6) is 5.75 Å². The quantitative estimate of drug-likeness (QED) is 0.118. The minimum atomic E-state index is -0.677. The van der Waals surface area contributed by atoms with E-state index < -0.39 is 11.8 Å². The Hall–Kier alpha value is -2.19. The topological polar surface area (TPSA) is 137 Å². The molecule has 38 heavy (non-hydrogen) atoms. The summed E-state index contributed by atoms with van der Waals surface area (Å²) in [5.74, 6) is -1.67. The van der Waals surface area contributed by atoms with Gasteiger partial charge in [-0.15, -0.1) is 0 Å². The van der Waals surface area contributed by atoms with Gasteiger partial charge in [-0.3, -0.25) is 9.59 Å². The highest BCUT2D eigenvalue weighted by Crippen LogP contribution is 2.19. The van der Waals surface area contributed by atoms with Crippen molar-refractivity contribution >= 4 is 11.9 Å². The lowest BCUT2D eigenvalue weighted by molar-refractivity contribution is -0.136. The number of halogens is 1. The van der Waals surface area contributed by atoms with E-state index in [1.165, 1.54) is 19.1 Å². The van der Waals surface area contributed by atoms with E-state index in [4.69, 9.17) is 38.9 Å². The van der Waals surface area contributed by atoms with Crippen molar-refractivity contribution in [1.29, 1.82) is 0 Å². The number of nitrogens with one attached hydrogen (secondary N) is 1. The maximum absolute atomic E-state index is 14.0. The fourth-order valence-corrected chi connectivity index (χ4v) is 2.58. The first-order valence-corrected chi connectivity index (χ1v) is 12.9. The van der Waals surface area contributed by atoms with E-state index in [2.05, 4.69) is 5.32 Å². The molecule has 0 aromatic heterocycles. The molecule has 0 aliphatic rings. The van der Waals surface area contributed by atoms with E-state index in [-0.39, 0.29) is 31.2 Å². The lowest BCUT2D eigenvalue weighted by Gasteiger charge is -2.09. The van der Waals surface area contributed by atoms with Crippen LogP contribution in [0.15, 0.2) is 18.2 Å². The molecule has 1 aromatic carbocycles. The van der Waals surface area contributed by atoms with Crippen LogP contribution in [0.3, 0.4) is 0 Å². The number of rotatable bonds is 23. The standard InChI is InChI=1S/C24H39FN2O9.C2H6/c1-20(28)27-19-21-2-3-23(22(25)18-21)36-24(29)4-6-30-8-10-32-12-14-34-16-17-35-15-13-33-11-9-31-7-5-26;1-2/h2-3,18H,4-17,19,26H2,1H3,(H,27,28);1-2H3. The molecule has 12 heteroatoms. The zero-order valence-corrected chi connectivity index (χ0v) is 23.0. The molecule has 0 aliphatic carbocycles. The molecule has 0 radical (unpaired) electrons. The predicted octanol–water partition coefficient (Wildman–Crippen LogP) is 1.84. The average Bonchev–Trinajstić information content (AvgIpc) is 2.91. The van der Waals surface area contributed by atoms with E-state index in [0.717, 1.165) is 0 Å². The monoisotopic (exact) mass is 548 g/mol. The molecular formula is C26H45FN2O9. The average molecular weight is 549 g/mol. The molecule has 3 N–H and O–H groups in total. The Morgan fingerprint density at radius 1 is 0.763 bits per heavy atom. The number of esters is 1. The Kier molecular flexibility index (Phi) is 24.9. The maximum atomic E-state index is 14.0. The Morgan fingerprint density at radius 3 is 1.63 bits per heavy atom. The second-order valence-corrected chi connectivity index (χ2v) is 7.36. The zero-order chi connectivity index (χ0) is 28.3. The number of hydrogen-bond donors (Lipinski definition) is 2. The van der Waals surface area contributed by atoms with Gasteiger partial charge in [-0.25, -0.2) is 4.39 Å². The third-order valence-corrected chi connectivity index (χ3v) is 4.33. The van der Waals surface area contributed by atoms with Gasteiger partial charge in [-0.05, 0) is 17.7 Å². The molecule has 1 rings (SSSR count). The first kappa shape index (κ1) is 35.8. The summed E-state index contributed by atoms with van der Waals surface area (Å²) in [5, 5.41) is 2.56. The van der Waals surface area contributed by atoms with Crippen molar-refractivity contribution in [3.8, 4) is 5.75 Å². The highest BCUT2D eigenvalue weighted by Gasteiger charge is 2.10. The number of carbonyl (C=O) groups is 2. The fourth-order valence-electron chi connectivity index (χ4n) is 2.58. The molecule has 0 fully saturated rings. The summed E-state index contributed by atoms with van der Waals surface area (Å²) < 4.78 is 51.0. The van der Waals surface area contributed by atoms with Gasteiger partial charge in [-0.2, -0.15) is 0 Å². The number of carbonyl (C=O) groups excluding carboxylic acids is 2. The molecule has 0 spiro atoms. The van der Waals surface area contributed by atoms with Gasteiger partial charge < -0.3 is 44.2 Å². The third-order valence-electron chi connectivity index (χ3n) is 4.33. The first-order valence-electron chi connectivity index (χ1n) is 12.9. The maximum Gasteiger partial charge on any atom is 0.313 e. The van der Waals surface area contributed by atoms with Gasteiger partial charge >= 0.3 is 5.97 Å². The summed E-state index contributed by atoms with van der Waals surface area (Å²) in [6.45, 7) is 11.2. The third kappa shape index (κ3) is 21.9. The Morgan fingerprint density at radius 2 is 1.21 bits per heavy atom. The molecule has 0 saturated carbocycles. The van der Waals surface area contributed by atoms with Crippen LogP contribution in [0.25, 0.3) is 0 Å². The highest BCUT2D eigenvalue weighted by atomic mass is 19.1. The number of benzene rings is 1. The number of amides is 1. The molecule has 1 amide bonds. The van der Waals surface area contributed by atoms with Crippen LogP contribution in [0.2, 0.25) is 0 Å². The van der Waals surface area contributed by atoms with Gasteiger partial charge in [0.05, 0.1) is 85.7 Å². The minimum absolute atomic E-state index is 0.0245. The molecule has 0 atom stereocenters. The molecule has 0 unspecified atom stereocenters. The fraction of sp³-hybridized carbons (Fsp3) is 0.692. The first-order chi connectivity index (χ1) is 18.5. The highest BCUT2D eigenvalue weighted by molar-refractivity contribution is 5.73. The molecular weight excluding hydrogens is 503 g/mol. The second-order valence-electron chi connectivity index (χ2n) is 7.36. The lowest BCUT2D eigenvalue weighted by Crippen LogP contribution is -2.19. The molecule has 0 heterocycles. The van der Waals surface area contributed by atoms with Crippen LogP contribution < -0.4 is 15.8 Å². The summed E-state index contributed by atoms with van der Waals surface area (Å²) in [6.07, 6.45) is -0.0245. The second kappa shape index (κ2) is 26.4. The Bertz CT molecular complexity index is 726. The molecule has 0 aliphatic heterocycles. The van der Waals surface area contributed by atoms with Gasteiger partial charge in [0, 0.05) is 20.0 Å². The summed E-state index contributed by atoms with van der Waals surface area (Å²) in [5.41, 5.74) is 5.87. The van der Waals surface area contributed by atoms with Gasteiger partial charge in [0.2, 0.25) is 5.91 Å². The van der Waals surface area contributed by atoms with Gasteiger partial charge in [-0.1, -0.05) is 19.9 Å². The van der Waals surface area contributed by atoms with Crippen LogP contribution >= 0.6 is 0 Å². The number of nitrogens with two attached hydrogens (primary N) is 1. The zero-order valence-electron chi connectivity index (χ0n) is 23.0. The lowest BCUT2D eigenvalue weighted by atomic mass is 10.2. The van der Waals surface area contributed by atoms with E-state index in [0.29, 0.717) is 84.8 Å². The van der Waals surface area contributed by atoms with Crippen LogP contribution in [0.4, 0.5) is 4.39 Å². The minimum Gasteiger partial charge on any atom is -0.423 e. The number of ether oxygens (including phenoxy) is 7. The van der Waals surface area contributed by atoms with Crippen LogP contribution in [0, 0.1) is 5.82 Å². The molecule has 11 nitrogen and oxygen atoms in total. The van der Waals surface area contributed by atoms with Crippen molar-refractivity contribution in [1.82, 2.24) is 5.32 Å². The predicted molar refractivity (Wildman–Crippen MR) is 139 cm³/mol. The van der Waals surface area contributed by atoms with Crippen molar-refractivity contribution < 1.29 is 47.1 Å². The Labute approximate surface area is 225 Å². The molecule has 0 bridgehead atoms. The van der Waals surface area contributed by atoms with E-state index >= 15 is 0 Å². The van der Waals surface area contributed by atoms with Gasteiger partial charge in [0.25, 0.3) is 0 Å². The van der Waals surface area contributed by atoms with Crippen molar-refractivity contribution in [3.05, 3.63) is 29.6 Å². The molecule has 1 aromatic rings. The van der Waals surface area contributed by atoms with E-state index in [9.17, 15) is 14.0 Å². The van der Waals surface area contributed by atoms with Crippen molar-refractivity contribution in [2.75, 3.05) is 85.8 Å². The van der Waals surface area contributed by atoms with E-state index in [1.54, 1.807) is 6.07 Å². The summed E-state index contributed by atoms with van der Waals surface area (Å²) in [7, 11) is 0. The van der Waals surface area contributed by atoms with Crippen LogP contribution in [0.1, 0.15) is 32.8 Å². The molecule has 220 valence electrons. The summed E-state index contributed by atoms with van der Waals surface area (Å²) in [4.78, 5) is 22.8. The number of hydrogen-bond acceptors (Lipinski definition) is 10. The van der Waals surface area contributed by atoms with Gasteiger partial charge in [0.15, 0.2) is 11.6 Å². The van der Waals surface area contributed by atoms with Gasteiger partial charge in [0.1, 0.15) is 0 Å². The smallest absolute Gasteiger partial charge is 0.313 e. The summed E-state index contributed by atoms with van der Waals surface area (Å²) >= 11 is 0. The largest absolute Gasteiger partial charge is 0.423 e. The molecule has 0 saturated heterocycles. The van der Waals surface area contributed by atoms with Crippen LogP contribution in [-0.4, -0.2) is 97.7 Å². The van der Waals surface area contributed by atoms with Crippen molar-refractivity contribution in [2.45, 2.75) is 33.7 Å². The normalized spacial score (nSPS) is 10.6. The summed E-state index contributed by atoms with van der Waals surface area (Å²) in [6, 6.07) is 4.14. The van der Waals surface area contributed by atoms with Crippen molar-refractivity contribution in [3.63, 3.8) is 0 Å².